The molecule has 0 unspecified atom stereocenters. The summed E-state index contributed by atoms with van der Waals surface area (Å²) < 4.78 is 134. The van der Waals surface area contributed by atoms with E-state index in [2.05, 4.69) is 5.92 Å². The van der Waals surface area contributed by atoms with Crippen LogP contribution in [0.2, 0.25) is 0 Å². The molecule has 0 aromatic carbocycles. The average molecular weight is 1220 g/mol. The molecule has 0 amide bonds. The van der Waals surface area contributed by atoms with Gasteiger partial charge in [0.25, 0.3) is 0 Å². The van der Waals surface area contributed by atoms with Crippen LogP contribution in [0.3, 0.4) is 0 Å². The summed E-state index contributed by atoms with van der Waals surface area (Å²) in [5, 5.41) is 8.47. The average Bonchev–Trinajstić information content (AvgIpc) is 3.48. The van der Waals surface area contributed by atoms with Crippen LogP contribution in [-0.4, -0.2) is 341 Å². The Morgan fingerprint density at radius 3 is 0.470 bits per heavy atom. The highest BCUT2D eigenvalue weighted by Crippen LogP contribution is 1.91. The van der Waals surface area contributed by atoms with Crippen LogP contribution >= 0.6 is 0 Å². The lowest BCUT2D eigenvalue weighted by Crippen LogP contribution is -2.15. The number of hydrogen-bond donors (Lipinski definition) is 1. The Balaban J connectivity index is 0. The standard InChI is InChI=1S/C29H56O13.C27H54O14/c1-3-5-31-8-9-33-12-13-35-16-17-37-20-21-39-24-25-41-28-29-42-27-26-40-23-22-38-19-18-36-15-14-34-11-10-32-7-6-30-4-2;1-2-30-5-6-32-9-10-34-13-14-36-17-18-38-21-22-40-25-26-41-24-23-39-20-19-37-16-15-35-12-11-33-8-7-31-4-3-27(28)29/h1H,4-29H2,2H3;2-26H2,1H3,(H,28,29). The summed E-state index contributed by atoms with van der Waals surface area (Å²) >= 11 is 0. The Labute approximate surface area is 496 Å². The minimum absolute atomic E-state index is 0.000897. The first-order valence-electron chi connectivity index (χ1n) is 29.3. The largest absolute Gasteiger partial charge is 0.481 e. The molecule has 0 radical (unpaired) electrons. The van der Waals surface area contributed by atoms with Crippen molar-refractivity contribution in [1.29, 1.82) is 0 Å². The Morgan fingerprint density at radius 1 is 0.229 bits per heavy atom. The van der Waals surface area contributed by atoms with Crippen LogP contribution in [0.25, 0.3) is 0 Å². The van der Waals surface area contributed by atoms with Gasteiger partial charge in [0.1, 0.15) is 6.61 Å². The molecule has 0 aliphatic carbocycles. The zero-order valence-electron chi connectivity index (χ0n) is 50.7. The Bertz CT molecular complexity index is 1200. The van der Waals surface area contributed by atoms with Gasteiger partial charge in [-0.2, -0.15) is 0 Å². The smallest absolute Gasteiger partial charge is 0.305 e. The minimum Gasteiger partial charge on any atom is -0.481 e. The Kier molecular flexibility index (Phi) is 82.2. The molecule has 0 rings (SSSR count). The molecule has 0 aliphatic heterocycles. The molecule has 496 valence electrons. The Morgan fingerprint density at radius 2 is 0.349 bits per heavy atom. The molecule has 0 aromatic heterocycles. The number of ether oxygens (including phenoxy) is 25. The van der Waals surface area contributed by atoms with Crippen molar-refractivity contribution in [2.75, 3.05) is 330 Å². The fraction of sp³-hybridized carbons (Fsp3) is 0.946. The van der Waals surface area contributed by atoms with Gasteiger partial charge in [0, 0.05) is 13.2 Å². The van der Waals surface area contributed by atoms with Crippen LogP contribution in [0.15, 0.2) is 0 Å². The van der Waals surface area contributed by atoms with Gasteiger partial charge >= 0.3 is 5.97 Å². The molecule has 0 heterocycles. The molecule has 0 bridgehead atoms. The molecule has 0 aliphatic rings. The SMILES string of the molecule is C#CCOCCOCCOCCOCCOCCOCCOCCOCCOCCOCCOCCOCCOCC.CCOCCOCCOCCOCCOCCOCCOCCOCCOCCOCCOCCOCCC(=O)O. The maximum atomic E-state index is 10.3. The number of carbonyl (C=O) groups is 1. The lowest BCUT2D eigenvalue weighted by Gasteiger charge is -2.09. The molecule has 0 aromatic rings. The van der Waals surface area contributed by atoms with Crippen LogP contribution in [-0.2, 0) is 123 Å². The molecular formula is C56H110O27. The molecule has 0 saturated heterocycles. The highest BCUT2D eigenvalue weighted by atomic mass is 16.6. The van der Waals surface area contributed by atoms with E-state index in [1.807, 2.05) is 13.8 Å². The summed E-state index contributed by atoms with van der Waals surface area (Å²) in [4.78, 5) is 10.3. The van der Waals surface area contributed by atoms with Crippen LogP contribution in [0.5, 0.6) is 0 Å². The zero-order valence-corrected chi connectivity index (χ0v) is 50.7. The van der Waals surface area contributed by atoms with Gasteiger partial charge in [-0.15, -0.1) is 6.42 Å². The molecule has 0 saturated carbocycles. The van der Waals surface area contributed by atoms with E-state index >= 15 is 0 Å². The third-order valence-electron chi connectivity index (χ3n) is 9.61. The second-order valence-corrected chi connectivity index (χ2v) is 16.3. The highest BCUT2D eigenvalue weighted by molar-refractivity contribution is 5.66. The van der Waals surface area contributed by atoms with Crippen molar-refractivity contribution in [2.24, 2.45) is 0 Å². The fourth-order valence-electron chi connectivity index (χ4n) is 5.54. The number of hydrogen-bond acceptors (Lipinski definition) is 26. The summed E-state index contributed by atoms with van der Waals surface area (Å²) in [6, 6.07) is 0. The summed E-state index contributed by atoms with van der Waals surface area (Å²) in [6.45, 7) is 29.4. The number of carboxylic acids is 1. The summed E-state index contributed by atoms with van der Waals surface area (Å²) in [7, 11) is 0. The second kappa shape index (κ2) is 82.1. The number of aliphatic carboxylic acids is 1. The van der Waals surface area contributed by atoms with E-state index in [9.17, 15) is 4.79 Å². The van der Waals surface area contributed by atoms with Gasteiger partial charge in [0.05, 0.1) is 317 Å². The van der Waals surface area contributed by atoms with Crippen LogP contribution < -0.4 is 0 Å². The first-order chi connectivity index (χ1) is 41.2. The third kappa shape index (κ3) is 86.6. The predicted molar refractivity (Wildman–Crippen MR) is 303 cm³/mol. The van der Waals surface area contributed by atoms with Gasteiger partial charge in [-0.05, 0) is 13.8 Å². The quantitative estimate of drug-likeness (QED) is 0.0668. The molecule has 27 nitrogen and oxygen atoms in total. The van der Waals surface area contributed by atoms with Gasteiger partial charge in [-0.3, -0.25) is 4.79 Å². The van der Waals surface area contributed by atoms with Crippen molar-refractivity contribution < 1.29 is 128 Å². The van der Waals surface area contributed by atoms with Gasteiger partial charge in [0.15, 0.2) is 0 Å². The first kappa shape index (κ1) is 83.1. The van der Waals surface area contributed by atoms with Gasteiger partial charge < -0.3 is 124 Å². The molecule has 83 heavy (non-hydrogen) atoms. The number of carboxylic acid groups (broad SMARTS) is 1. The maximum Gasteiger partial charge on any atom is 0.305 e. The molecule has 0 fully saturated rings. The topological polar surface area (TPSA) is 268 Å². The van der Waals surface area contributed by atoms with E-state index in [4.69, 9.17) is 130 Å². The van der Waals surface area contributed by atoms with Gasteiger partial charge in [-0.1, -0.05) is 5.92 Å². The lowest BCUT2D eigenvalue weighted by atomic mass is 10.5. The van der Waals surface area contributed by atoms with E-state index in [1.165, 1.54) is 0 Å². The monoisotopic (exact) mass is 1210 g/mol. The van der Waals surface area contributed by atoms with Crippen molar-refractivity contribution in [1.82, 2.24) is 0 Å². The van der Waals surface area contributed by atoms with E-state index in [0.29, 0.717) is 324 Å². The highest BCUT2D eigenvalue weighted by Gasteiger charge is 2.01. The molecule has 0 spiro atoms. The van der Waals surface area contributed by atoms with Crippen molar-refractivity contribution in [3.8, 4) is 12.3 Å². The van der Waals surface area contributed by atoms with E-state index in [1.54, 1.807) is 0 Å². The van der Waals surface area contributed by atoms with E-state index < -0.39 is 5.97 Å². The molecular weight excluding hydrogens is 1100 g/mol. The van der Waals surface area contributed by atoms with Crippen molar-refractivity contribution in [3.63, 3.8) is 0 Å². The van der Waals surface area contributed by atoms with Gasteiger partial charge in [0.2, 0.25) is 0 Å². The summed E-state index contributed by atoms with van der Waals surface area (Å²) in [5.41, 5.74) is 0. The van der Waals surface area contributed by atoms with Crippen LogP contribution in [0.4, 0.5) is 0 Å². The van der Waals surface area contributed by atoms with Crippen molar-refractivity contribution >= 4 is 5.97 Å². The van der Waals surface area contributed by atoms with Crippen molar-refractivity contribution in [3.05, 3.63) is 0 Å². The number of terminal acetylenes is 1. The van der Waals surface area contributed by atoms with E-state index in [-0.39, 0.29) is 13.0 Å². The fourth-order valence-corrected chi connectivity index (χ4v) is 5.54. The predicted octanol–water partition coefficient (Wildman–Crippen LogP) is 1.54. The van der Waals surface area contributed by atoms with E-state index in [0.717, 1.165) is 0 Å². The van der Waals surface area contributed by atoms with Crippen LogP contribution in [0.1, 0.15) is 20.3 Å². The van der Waals surface area contributed by atoms with Gasteiger partial charge in [-0.25, -0.2) is 0 Å². The summed E-state index contributed by atoms with van der Waals surface area (Å²) in [6.07, 6.45) is 5.07. The third-order valence-corrected chi connectivity index (χ3v) is 9.61. The first-order valence-corrected chi connectivity index (χ1v) is 29.3. The van der Waals surface area contributed by atoms with Crippen molar-refractivity contribution in [2.45, 2.75) is 20.3 Å². The summed E-state index contributed by atoms with van der Waals surface area (Å²) in [5.74, 6) is 1.52. The normalized spacial score (nSPS) is 11.4. The zero-order chi connectivity index (χ0) is 60.0. The molecule has 27 heteroatoms. The lowest BCUT2D eigenvalue weighted by molar-refractivity contribution is -0.138. The van der Waals surface area contributed by atoms with Crippen LogP contribution in [0, 0.1) is 12.3 Å². The molecule has 1 N–H and O–H groups in total. The maximum absolute atomic E-state index is 10.3. The Hall–Kier alpha value is -1.97. The second-order valence-electron chi connectivity index (χ2n) is 16.3. The minimum atomic E-state index is -0.873. The molecule has 0 atom stereocenters. The number of rotatable bonds is 75.